The van der Waals surface area contributed by atoms with Gasteiger partial charge in [0.15, 0.2) is 0 Å². The van der Waals surface area contributed by atoms with Gasteiger partial charge in [-0.1, -0.05) is 0 Å². The molecule has 21 heavy (non-hydrogen) atoms. The highest BCUT2D eigenvalue weighted by atomic mass is 16.5. The van der Waals surface area contributed by atoms with Crippen LogP contribution in [0.15, 0.2) is 24.3 Å². The van der Waals surface area contributed by atoms with Crippen molar-refractivity contribution < 1.29 is 9.47 Å². The van der Waals surface area contributed by atoms with Gasteiger partial charge in [0.2, 0.25) is 0 Å². The van der Waals surface area contributed by atoms with E-state index in [1.165, 1.54) is 31.4 Å². The summed E-state index contributed by atoms with van der Waals surface area (Å²) in [7, 11) is 3.97. The molecule has 2 saturated heterocycles. The molecule has 0 radical (unpaired) electrons. The number of piperidine rings is 1. The monoisotopic (exact) mass is 290 g/mol. The molecule has 116 valence electrons. The molecule has 4 nitrogen and oxygen atoms in total. The van der Waals surface area contributed by atoms with Crippen molar-refractivity contribution in [2.45, 2.75) is 43.8 Å². The molecule has 0 aromatic heterocycles. The summed E-state index contributed by atoms with van der Waals surface area (Å²) in [6.45, 7) is 1.22. The van der Waals surface area contributed by atoms with Crippen LogP contribution in [0.2, 0.25) is 0 Å². The Hall–Kier alpha value is -1.26. The predicted octanol–water partition coefficient (Wildman–Crippen LogP) is 2.75. The highest BCUT2D eigenvalue weighted by Gasteiger charge is 2.38. The highest BCUT2D eigenvalue weighted by molar-refractivity contribution is 5.47. The van der Waals surface area contributed by atoms with Gasteiger partial charge in [0.05, 0.1) is 6.61 Å². The Morgan fingerprint density at radius 3 is 2.38 bits per heavy atom. The number of fused-ring (bicyclic) bond motifs is 2. The van der Waals surface area contributed by atoms with E-state index < -0.39 is 0 Å². The average molecular weight is 290 g/mol. The highest BCUT2D eigenvalue weighted by Crippen LogP contribution is 2.35. The van der Waals surface area contributed by atoms with Crippen molar-refractivity contribution in [3.63, 3.8) is 0 Å². The normalized spacial score (nSPS) is 28.6. The van der Waals surface area contributed by atoms with Gasteiger partial charge in [0.25, 0.3) is 0 Å². The maximum absolute atomic E-state index is 5.59. The van der Waals surface area contributed by atoms with Gasteiger partial charge in [0, 0.05) is 30.9 Å². The number of methoxy groups -OCH3 is 1. The summed E-state index contributed by atoms with van der Waals surface area (Å²) in [6, 6.07) is 10.4. The maximum atomic E-state index is 5.59. The third-order valence-electron chi connectivity index (χ3n) is 4.88. The molecule has 1 aromatic carbocycles. The number of nitrogens with one attached hydrogen (secondary N) is 1. The maximum Gasteiger partial charge on any atom is 0.119 e. The second-order valence-corrected chi connectivity index (χ2v) is 6.23. The molecule has 0 saturated carbocycles. The van der Waals surface area contributed by atoms with Gasteiger partial charge in [-0.05, 0) is 57.0 Å². The van der Waals surface area contributed by atoms with Crippen molar-refractivity contribution in [1.29, 1.82) is 0 Å². The molecule has 1 N–H and O–H groups in total. The van der Waals surface area contributed by atoms with Gasteiger partial charge in [-0.3, -0.25) is 0 Å². The molecule has 2 atom stereocenters. The van der Waals surface area contributed by atoms with Gasteiger partial charge in [0.1, 0.15) is 12.4 Å². The van der Waals surface area contributed by atoms with Gasteiger partial charge >= 0.3 is 0 Å². The minimum Gasteiger partial charge on any atom is -0.491 e. The minimum atomic E-state index is 0.599. The molecule has 0 aliphatic carbocycles. The second-order valence-electron chi connectivity index (χ2n) is 6.23. The number of hydrogen-bond acceptors (Lipinski definition) is 4. The summed E-state index contributed by atoms with van der Waals surface area (Å²) in [5.74, 6) is 0.904. The Bertz CT molecular complexity index is 435. The van der Waals surface area contributed by atoms with E-state index in [0.717, 1.165) is 17.8 Å². The number of rotatable bonds is 6. The van der Waals surface area contributed by atoms with Crippen molar-refractivity contribution in [3.8, 4) is 5.75 Å². The first-order valence-corrected chi connectivity index (χ1v) is 7.96. The Labute approximate surface area is 127 Å². The minimum absolute atomic E-state index is 0.599. The van der Waals surface area contributed by atoms with E-state index in [4.69, 9.17) is 9.47 Å². The summed E-state index contributed by atoms with van der Waals surface area (Å²) >= 11 is 0. The van der Waals surface area contributed by atoms with E-state index >= 15 is 0 Å². The van der Waals surface area contributed by atoms with E-state index in [0.29, 0.717) is 19.3 Å². The van der Waals surface area contributed by atoms with E-state index in [1.807, 2.05) is 12.1 Å². The zero-order valence-electron chi connectivity index (χ0n) is 13.0. The smallest absolute Gasteiger partial charge is 0.119 e. The van der Waals surface area contributed by atoms with Crippen LogP contribution in [0, 0.1) is 0 Å². The van der Waals surface area contributed by atoms with Gasteiger partial charge < -0.3 is 19.7 Å². The number of ether oxygens (including phenoxy) is 2. The fourth-order valence-corrected chi connectivity index (χ4v) is 3.66. The molecule has 2 fully saturated rings. The van der Waals surface area contributed by atoms with E-state index in [1.54, 1.807) is 7.11 Å². The third kappa shape index (κ3) is 3.50. The van der Waals surface area contributed by atoms with Crippen LogP contribution in [0.4, 0.5) is 5.69 Å². The molecule has 2 aliphatic heterocycles. The van der Waals surface area contributed by atoms with Gasteiger partial charge in [-0.15, -0.1) is 0 Å². The van der Waals surface area contributed by atoms with E-state index in [2.05, 4.69) is 29.4 Å². The standard InChI is InChI=1S/C17H26N2O2/c1-19-15-5-6-16(19)12-14(11-15)18-13-3-7-17(8-4-13)21-10-9-20-2/h3-4,7-8,14-16,18H,5-6,9-12H2,1-2H3. The van der Waals surface area contributed by atoms with E-state index in [-0.39, 0.29) is 0 Å². The number of anilines is 1. The first-order valence-electron chi connectivity index (χ1n) is 7.96. The number of benzene rings is 1. The third-order valence-corrected chi connectivity index (χ3v) is 4.88. The molecule has 2 unspecified atom stereocenters. The van der Waals surface area contributed by atoms with Crippen LogP contribution in [0.3, 0.4) is 0 Å². The molecule has 0 spiro atoms. The van der Waals surface area contributed by atoms with Crippen molar-refractivity contribution in [1.82, 2.24) is 4.90 Å². The van der Waals surface area contributed by atoms with Crippen molar-refractivity contribution in [3.05, 3.63) is 24.3 Å². The van der Waals surface area contributed by atoms with Crippen molar-refractivity contribution in [2.75, 3.05) is 32.7 Å². The lowest BCUT2D eigenvalue weighted by Crippen LogP contribution is -2.44. The first-order chi connectivity index (χ1) is 10.3. The lowest BCUT2D eigenvalue weighted by atomic mass is 9.98. The lowest BCUT2D eigenvalue weighted by Gasteiger charge is -2.37. The van der Waals surface area contributed by atoms with Crippen LogP contribution in [-0.2, 0) is 4.74 Å². The topological polar surface area (TPSA) is 33.7 Å². The quantitative estimate of drug-likeness (QED) is 0.817. The fraction of sp³-hybridized carbons (Fsp3) is 0.647. The zero-order valence-corrected chi connectivity index (χ0v) is 13.0. The lowest BCUT2D eigenvalue weighted by molar-refractivity contribution is 0.146. The summed E-state index contributed by atoms with van der Waals surface area (Å²) in [4.78, 5) is 2.57. The van der Waals surface area contributed by atoms with Crippen LogP contribution in [-0.4, -0.2) is 50.4 Å². The Morgan fingerprint density at radius 2 is 1.76 bits per heavy atom. The van der Waals surface area contributed by atoms with E-state index in [9.17, 15) is 0 Å². The Morgan fingerprint density at radius 1 is 1.10 bits per heavy atom. The van der Waals surface area contributed by atoms with Crippen LogP contribution >= 0.6 is 0 Å². The Kier molecular flexibility index (Phi) is 4.66. The molecule has 3 rings (SSSR count). The molecule has 1 aromatic rings. The SMILES string of the molecule is COCCOc1ccc(NC2CC3CCC(C2)N3C)cc1. The van der Waals surface area contributed by atoms with Crippen LogP contribution in [0.1, 0.15) is 25.7 Å². The summed E-state index contributed by atoms with van der Waals surface area (Å²) in [6.07, 6.45) is 5.26. The molecule has 0 amide bonds. The van der Waals surface area contributed by atoms with Crippen LogP contribution in [0.25, 0.3) is 0 Å². The molecule has 4 heteroatoms. The summed E-state index contributed by atoms with van der Waals surface area (Å²) in [5.41, 5.74) is 1.20. The summed E-state index contributed by atoms with van der Waals surface area (Å²) in [5, 5.41) is 3.69. The Balaban J connectivity index is 1.51. The molecule has 2 heterocycles. The predicted molar refractivity (Wildman–Crippen MR) is 85.0 cm³/mol. The molecule has 2 aliphatic rings. The van der Waals surface area contributed by atoms with Crippen LogP contribution in [0.5, 0.6) is 5.75 Å². The second kappa shape index (κ2) is 6.67. The van der Waals surface area contributed by atoms with Crippen LogP contribution < -0.4 is 10.1 Å². The van der Waals surface area contributed by atoms with Crippen molar-refractivity contribution >= 4 is 5.69 Å². The van der Waals surface area contributed by atoms with Gasteiger partial charge in [-0.2, -0.15) is 0 Å². The molecular formula is C17H26N2O2. The first kappa shape index (κ1) is 14.7. The van der Waals surface area contributed by atoms with Gasteiger partial charge in [-0.25, -0.2) is 0 Å². The number of hydrogen-bond donors (Lipinski definition) is 1. The largest absolute Gasteiger partial charge is 0.491 e. The average Bonchev–Trinajstić information content (AvgIpc) is 2.72. The van der Waals surface area contributed by atoms with Crippen molar-refractivity contribution in [2.24, 2.45) is 0 Å². The zero-order chi connectivity index (χ0) is 14.7. The molecule has 2 bridgehead atoms. The summed E-state index contributed by atoms with van der Waals surface area (Å²) < 4.78 is 10.6. The number of nitrogens with zero attached hydrogens (tertiary/aromatic N) is 1. The molecular weight excluding hydrogens is 264 g/mol. The fourth-order valence-electron chi connectivity index (χ4n) is 3.66.